The number of carbonyl (C=O) groups is 3. The Hall–Kier alpha value is -3.79. The number of aromatic nitrogens is 2. The predicted molar refractivity (Wildman–Crippen MR) is 151 cm³/mol. The number of rotatable bonds is 9. The molecule has 3 heterocycles. The lowest BCUT2D eigenvalue weighted by atomic mass is 9.96. The zero-order valence-corrected chi connectivity index (χ0v) is 22.8. The molecule has 5 rings (SSSR count). The summed E-state index contributed by atoms with van der Waals surface area (Å²) < 4.78 is 5.18. The molecular formula is C29H40N6O4. The van der Waals surface area contributed by atoms with Crippen LogP contribution in [0.25, 0.3) is 0 Å². The quantitative estimate of drug-likeness (QED) is 0.471. The van der Waals surface area contributed by atoms with Crippen molar-refractivity contribution in [2.45, 2.75) is 51.8 Å². The van der Waals surface area contributed by atoms with Crippen molar-refractivity contribution < 1.29 is 20.5 Å². The average Bonchev–Trinajstić information content (AvgIpc) is 3.81. The van der Waals surface area contributed by atoms with Gasteiger partial charge in [0, 0.05) is 46.4 Å². The maximum atomic E-state index is 12.1. The van der Waals surface area contributed by atoms with E-state index in [1.807, 2.05) is 18.6 Å². The van der Waals surface area contributed by atoms with E-state index < -0.39 is 0 Å². The Bertz CT molecular complexity index is 1170. The van der Waals surface area contributed by atoms with Crippen molar-refractivity contribution in [2.24, 2.45) is 5.92 Å². The molecule has 0 radical (unpaired) electrons. The van der Waals surface area contributed by atoms with Gasteiger partial charge in [0.05, 0.1) is 11.6 Å². The molecule has 1 N–H and O–H groups in total. The highest BCUT2D eigenvalue weighted by Gasteiger charge is 2.32. The van der Waals surface area contributed by atoms with E-state index in [9.17, 15) is 9.59 Å². The number of nitrogens with zero attached hydrogens (tertiary/aromatic N) is 5. The number of amides is 2. The van der Waals surface area contributed by atoms with E-state index >= 15 is 0 Å². The van der Waals surface area contributed by atoms with Crippen LogP contribution in [0.1, 0.15) is 63.3 Å². The molecular weight excluding hydrogens is 496 g/mol. The van der Waals surface area contributed by atoms with Gasteiger partial charge in [0.1, 0.15) is 19.2 Å². The highest BCUT2D eigenvalue weighted by molar-refractivity contribution is 5.89. The summed E-state index contributed by atoms with van der Waals surface area (Å²) in [6, 6.07) is 9.20. The van der Waals surface area contributed by atoms with Crippen LogP contribution in [0.15, 0.2) is 43.1 Å². The highest BCUT2D eigenvalue weighted by atomic mass is 16.6. The molecule has 2 aromatic rings. The topological polar surface area (TPSA) is 108 Å². The third-order valence-corrected chi connectivity index (χ3v) is 7.65. The Morgan fingerprint density at radius 2 is 1.85 bits per heavy atom. The number of hydrogen-bond acceptors (Lipinski definition) is 8. The van der Waals surface area contributed by atoms with Crippen LogP contribution in [0.5, 0.6) is 0 Å². The lowest BCUT2D eigenvalue weighted by Gasteiger charge is -2.39. The number of ether oxygens (including phenoxy) is 1. The van der Waals surface area contributed by atoms with E-state index in [-0.39, 0.29) is 26.1 Å². The van der Waals surface area contributed by atoms with E-state index in [2.05, 4.69) is 58.0 Å². The summed E-state index contributed by atoms with van der Waals surface area (Å²) in [4.78, 5) is 47.1. The molecule has 1 saturated heterocycles. The van der Waals surface area contributed by atoms with Crippen molar-refractivity contribution >= 4 is 30.6 Å². The first-order valence-corrected chi connectivity index (χ1v) is 13.6. The first kappa shape index (κ1) is 28.2. The number of benzene rings is 1. The van der Waals surface area contributed by atoms with Gasteiger partial charge in [-0.25, -0.2) is 9.78 Å². The summed E-state index contributed by atoms with van der Waals surface area (Å²) >= 11 is 0. The zero-order chi connectivity index (χ0) is 27.9. The summed E-state index contributed by atoms with van der Waals surface area (Å²) in [5.74, 6) is 1.92. The number of anilines is 2. The van der Waals surface area contributed by atoms with Crippen molar-refractivity contribution in [1.29, 1.82) is 0 Å². The van der Waals surface area contributed by atoms with Gasteiger partial charge in [0.2, 0.25) is 11.9 Å². The van der Waals surface area contributed by atoms with E-state index in [0.717, 1.165) is 43.2 Å². The van der Waals surface area contributed by atoms with Gasteiger partial charge < -0.3 is 19.7 Å². The monoisotopic (exact) mass is 536 g/mol. The molecule has 1 aromatic heterocycles. The van der Waals surface area contributed by atoms with Gasteiger partial charge in [0.25, 0.3) is 0 Å². The first-order valence-electron chi connectivity index (χ1n) is 13.6. The average molecular weight is 537 g/mol. The lowest BCUT2D eigenvalue weighted by Crippen LogP contribution is -2.49. The molecule has 2 aliphatic heterocycles. The minimum absolute atomic E-state index is 0. The fourth-order valence-electron chi connectivity index (χ4n) is 5.22. The molecule has 3 aliphatic rings. The second-order valence-corrected chi connectivity index (χ2v) is 10.1. The maximum absolute atomic E-state index is 12.1. The van der Waals surface area contributed by atoms with Crippen molar-refractivity contribution in [3.63, 3.8) is 0 Å². The minimum atomic E-state index is -0.377. The molecule has 10 heteroatoms. The van der Waals surface area contributed by atoms with Gasteiger partial charge in [-0.05, 0) is 43.4 Å². The number of piperazine rings is 1. The second kappa shape index (κ2) is 12.8. The van der Waals surface area contributed by atoms with Crippen LogP contribution in [0, 0.1) is 5.92 Å². The SMILES string of the molecule is C=CC(=O)N1CCN(C(CC2CC2)c2ccc([C@H](C)Nc3ncc4c(n3)N(CC)C(=O)OC4)cc2)CC1.C=O.[HH]. The maximum Gasteiger partial charge on any atom is 0.415 e. The summed E-state index contributed by atoms with van der Waals surface area (Å²) in [6.45, 7) is 13.6. The van der Waals surface area contributed by atoms with Crippen LogP contribution in [0.2, 0.25) is 0 Å². The van der Waals surface area contributed by atoms with Crippen LogP contribution >= 0.6 is 0 Å². The third kappa shape index (κ3) is 6.62. The van der Waals surface area contributed by atoms with Gasteiger partial charge in [-0.1, -0.05) is 43.7 Å². The molecule has 1 aromatic carbocycles. The minimum Gasteiger partial charge on any atom is -0.444 e. The van der Waals surface area contributed by atoms with Crippen LogP contribution in [-0.4, -0.2) is 71.3 Å². The molecule has 10 nitrogen and oxygen atoms in total. The van der Waals surface area contributed by atoms with Gasteiger partial charge in [-0.3, -0.25) is 14.6 Å². The molecule has 2 atom stereocenters. The summed E-state index contributed by atoms with van der Waals surface area (Å²) in [6.07, 6.45) is 6.56. The van der Waals surface area contributed by atoms with E-state index in [1.54, 1.807) is 6.20 Å². The smallest absolute Gasteiger partial charge is 0.415 e. The standard InChI is InChI=1S/C28H36N6O3.CH2O.H2/c1-4-25(35)33-14-12-32(13-15-33)24(16-20-6-7-20)22-10-8-21(9-11-22)19(3)30-27-29-17-23-18-37-28(36)34(5-2)26(23)31-27;1-2;/h4,8-11,17,19-20,24H,1,5-7,12-16,18H2,2-3H3,(H,29,30,31);1H2;1H/t19-,24?;;/m0../s1. The van der Waals surface area contributed by atoms with Gasteiger partial charge in [-0.15, -0.1) is 0 Å². The zero-order valence-electron chi connectivity index (χ0n) is 22.8. The van der Waals surface area contributed by atoms with Crippen LogP contribution in [-0.2, 0) is 20.9 Å². The van der Waals surface area contributed by atoms with E-state index in [1.165, 1.54) is 35.8 Å². The molecule has 1 saturated carbocycles. The summed E-state index contributed by atoms with van der Waals surface area (Å²) in [7, 11) is 0. The highest BCUT2D eigenvalue weighted by Crippen LogP contribution is 2.40. The molecule has 0 bridgehead atoms. The van der Waals surface area contributed by atoms with Crippen molar-refractivity contribution in [2.75, 3.05) is 42.9 Å². The molecule has 39 heavy (non-hydrogen) atoms. The third-order valence-electron chi connectivity index (χ3n) is 7.65. The van der Waals surface area contributed by atoms with Gasteiger partial charge >= 0.3 is 6.09 Å². The second-order valence-electron chi connectivity index (χ2n) is 10.1. The molecule has 1 aliphatic carbocycles. The molecule has 1 unspecified atom stereocenters. The van der Waals surface area contributed by atoms with E-state index in [4.69, 9.17) is 9.53 Å². The summed E-state index contributed by atoms with van der Waals surface area (Å²) in [5, 5.41) is 3.39. The van der Waals surface area contributed by atoms with Crippen LogP contribution in [0.4, 0.5) is 16.6 Å². The Morgan fingerprint density at radius 3 is 2.46 bits per heavy atom. The number of cyclic esters (lactones) is 1. The Morgan fingerprint density at radius 1 is 1.18 bits per heavy atom. The molecule has 0 spiro atoms. The lowest BCUT2D eigenvalue weighted by molar-refractivity contribution is -0.128. The Kier molecular flexibility index (Phi) is 9.29. The molecule has 210 valence electrons. The molecule has 2 fully saturated rings. The van der Waals surface area contributed by atoms with Crippen molar-refractivity contribution in [1.82, 2.24) is 19.8 Å². The number of carbonyl (C=O) groups excluding carboxylic acids is 3. The number of hydrogen-bond donors (Lipinski definition) is 1. The predicted octanol–water partition coefficient (Wildman–Crippen LogP) is 4.36. The number of fused-ring (bicyclic) bond motifs is 1. The number of nitrogens with one attached hydrogen (secondary N) is 1. The van der Waals surface area contributed by atoms with Gasteiger partial charge in [0.15, 0.2) is 0 Å². The fourth-order valence-corrected chi connectivity index (χ4v) is 5.22. The normalized spacial score (nSPS) is 18.7. The summed E-state index contributed by atoms with van der Waals surface area (Å²) in [5.41, 5.74) is 3.28. The van der Waals surface area contributed by atoms with Gasteiger partial charge in [-0.2, -0.15) is 4.98 Å². The van der Waals surface area contributed by atoms with Crippen molar-refractivity contribution in [3.8, 4) is 0 Å². The Balaban J connectivity index is 0.00000144. The first-order chi connectivity index (χ1) is 19.0. The van der Waals surface area contributed by atoms with Crippen molar-refractivity contribution in [3.05, 3.63) is 59.8 Å². The largest absolute Gasteiger partial charge is 0.444 e. The van der Waals surface area contributed by atoms with E-state index in [0.29, 0.717) is 24.4 Å². The van der Waals surface area contributed by atoms with Crippen LogP contribution in [0.3, 0.4) is 0 Å². The molecule has 2 amide bonds. The Labute approximate surface area is 231 Å². The van der Waals surface area contributed by atoms with Crippen LogP contribution < -0.4 is 10.2 Å². The fraction of sp³-hybridized carbons (Fsp3) is 0.483.